The zero-order valence-corrected chi connectivity index (χ0v) is 20.3. The average Bonchev–Trinajstić information content (AvgIpc) is 2.82. The van der Waals surface area contributed by atoms with E-state index in [0.717, 1.165) is 11.1 Å². The maximum Gasteiger partial charge on any atom is 0.297 e. The normalized spacial score (nSPS) is 25.6. The van der Waals surface area contributed by atoms with Crippen LogP contribution in [-0.4, -0.2) is 68.1 Å². The van der Waals surface area contributed by atoms with Gasteiger partial charge in [0.25, 0.3) is 20.2 Å². The van der Waals surface area contributed by atoms with Gasteiger partial charge < -0.3 is 18.9 Å². The largest absolute Gasteiger partial charge is 0.347 e. The van der Waals surface area contributed by atoms with Crippen molar-refractivity contribution in [3.8, 4) is 0 Å². The third-order valence-electron chi connectivity index (χ3n) is 5.54. The summed E-state index contributed by atoms with van der Waals surface area (Å²) < 4.78 is 82.7. The number of aryl methyl sites for hydroxylation is 2. The molecule has 0 N–H and O–H groups in total. The molecule has 0 amide bonds. The first-order valence-corrected chi connectivity index (χ1v) is 13.4. The number of rotatable bonds is 8. The Morgan fingerprint density at radius 1 is 0.647 bits per heavy atom. The van der Waals surface area contributed by atoms with Crippen LogP contribution in [0.25, 0.3) is 0 Å². The Hall–Kier alpha value is -1.90. The van der Waals surface area contributed by atoms with Gasteiger partial charge in [-0.1, -0.05) is 35.4 Å². The van der Waals surface area contributed by atoms with Crippen molar-refractivity contribution in [2.24, 2.45) is 0 Å². The van der Waals surface area contributed by atoms with Gasteiger partial charge in [-0.15, -0.1) is 0 Å². The molecule has 2 fully saturated rings. The second kappa shape index (κ2) is 10.4. The number of hydrogen-bond donors (Lipinski definition) is 0. The van der Waals surface area contributed by atoms with Gasteiger partial charge in [-0.25, -0.2) is 0 Å². The predicted molar refractivity (Wildman–Crippen MR) is 118 cm³/mol. The fourth-order valence-electron chi connectivity index (χ4n) is 3.57. The number of fused-ring (bicyclic) bond motifs is 1. The minimum absolute atomic E-state index is 0.0298. The first-order valence-electron chi connectivity index (χ1n) is 10.5. The second-order valence-electron chi connectivity index (χ2n) is 8.01. The summed E-state index contributed by atoms with van der Waals surface area (Å²) in [7, 11) is -8.01. The van der Waals surface area contributed by atoms with E-state index in [4.69, 9.17) is 27.3 Å². The summed E-state index contributed by atoms with van der Waals surface area (Å²) in [6, 6.07) is 12.6. The number of hydrogen-bond acceptors (Lipinski definition) is 10. The number of ether oxygens (including phenoxy) is 4. The molecule has 2 saturated heterocycles. The molecule has 2 aliphatic heterocycles. The summed E-state index contributed by atoms with van der Waals surface area (Å²) >= 11 is 0. The van der Waals surface area contributed by atoms with Crippen LogP contribution in [-0.2, 0) is 47.5 Å². The molecule has 0 unspecified atom stereocenters. The Bertz CT molecular complexity index is 1080. The molecule has 2 aromatic carbocycles. The van der Waals surface area contributed by atoms with E-state index < -0.39 is 44.7 Å². The predicted octanol–water partition coefficient (Wildman–Crippen LogP) is 1.90. The summed E-state index contributed by atoms with van der Waals surface area (Å²) in [4.78, 5) is 0.0596. The van der Waals surface area contributed by atoms with Gasteiger partial charge >= 0.3 is 0 Å². The van der Waals surface area contributed by atoms with Gasteiger partial charge in [-0.2, -0.15) is 16.8 Å². The standard InChI is InChI=1S/C22H26O10S2/c1-15-3-7-17(8-4-15)33(23,24)31-11-19-21-22(30-13-27-19)20(28-14-29-21)12-32-34(25,26)18-9-5-16(2)6-10-18/h3-10,19-22H,11-14H2,1-2H3/t19-,20-,21+,22+/m0/s1. The van der Waals surface area contributed by atoms with Crippen LogP contribution in [0.3, 0.4) is 0 Å². The Morgan fingerprint density at radius 2 is 1.00 bits per heavy atom. The van der Waals surface area contributed by atoms with E-state index in [9.17, 15) is 16.8 Å². The Morgan fingerprint density at radius 3 is 1.35 bits per heavy atom. The van der Waals surface area contributed by atoms with Gasteiger partial charge in [0.15, 0.2) is 0 Å². The van der Waals surface area contributed by atoms with Gasteiger partial charge in [-0.3, -0.25) is 8.37 Å². The monoisotopic (exact) mass is 514 g/mol. The molecule has 4 atom stereocenters. The summed E-state index contributed by atoms with van der Waals surface area (Å²) in [6.45, 7) is 2.73. The molecule has 0 aliphatic carbocycles. The quantitative estimate of drug-likeness (QED) is 0.483. The molecule has 10 nitrogen and oxygen atoms in total. The molecule has 4 rings (SSSR count). The van der Waals surface area contributed by atoms with E-state index in [-0.39, 0.29) is 36.6 Å². The van der Waals surface area contributed by atoms with Gasteiger partial charge in [0.1, 0.15) is 38.0 Å². The molecule has 2 aromatic rings. The van der Waals surface area contributed by atoms with Crippen molar-refractivity contribution in [1.82, 2.24) is 0 Å². The molecular formula is C22H26O10S2. The zero-order valence-electron chi connectivity index (χ0n) is 18.7. The molecule has 12 heteroatoms. The van der Waals surface area contributed by atoms with Crippen molar-refractivity contribution < 1.29 is 44.1 Å². The highest BCUT2D eigenvalue weighted by Gasteiger charge is 2.45. The molecule has 0 saturated carbocycles. The summed E-state index contributed by atoms with van der Waals surface area (Å²) in [5, 5.41) is 0. The Kier molecular flexibility index (Phi) is 7.69. The molecule has 2 aliphatic rings. The van der Waals surface area contributed by atoms with Crippen molar-refractivity contribution in [2.75, 3.05) is 26.8 Å². The Labute approximate surface area is 198 Å². The molecule has 34 heavy (non-hydrogen) atoms. The molecule has 186 valence electrons. The highest BCUT2D eigenvalue weighted by Crippen LogP contribution is 2.28. The topological polar surface area (TPSA) is 124 Å². The maximum absolute atomic E-state index is 12.5. The zero-order chi connectivity index (χ0) is 24.3. The van der Waals surface area contributed by atoms with Crippen LogP contribution < -0.4 is 0 Å². The molecular weight excluding hydrogens is 488 g/mol. The van der Waals surface area contributed by atoms with Crippen LogP contribution in [0.1, 0.15) is 11.1 Å². The molecule has 0 radical (unpaired) electrons. The smallest absolute Gasteiger partial charge is 0.297 e. The van der Waals surface area contributed by atoms with E-state index in [0.29, 0.717) is 0 Å². The Balaban J connectivity index is 1.38. The molecule has 0 spiro atoms. The fourth-order valence-corrected chi connectivity index (χ4v) is 5.41. The van der Waals surface area contributed by atoms with E-state index in [1.54, 1.807) is 24.3 Å². The van der Waals surface area contributed by atoms with Crippen molar-refractivity contribution in [3.63, 3.8) is 0 Å². The van der Waals surface area contributed by atoms with Crippen LogP contribution in [0.15, 0.2) is 58.3 Å². The van der Waals surface area contributed by atoms with Gasteiger partial charge in [0.05, 0.1) is 23.0 Å². The summed E-state index contributed by atoms with van der Waals surface area (Å²) in [6.07, 6.45) is -3.05. The highest BCUT2D eigenvalue weighted by atomic mass is 32.2. The van der Waals surface area contributed by atoms with Crippen LogP contribution in [0, 0.1) is 13.8 Å². The minimum atomic E-state index is -4.00. The van der Waals surface area contributed by atoms with Gasteiger partial charge in [-0.05, 0) is 38.1 Å². The SMILES string of the molecule is Cc1ccc(S(=O)(=O)OC[C@@H]2OCO[C@H]3[C@@H]2OCO[C@H]3COS(=O)(=O)c2ccc(C)cc2)cc1. The average molecular weight is 515 g/mol. The van der Waals surface area contributed by atoms with E-state index in [1.807, 2.05) is 13.8 Å². The summed E-state index contributed by atoms with van der Waals surface area (Å²) in [5.74, 6) is 0. The minimum Gasteiger partial charge on any atom is -0.347 e. The van der Waals surface area contributed by atoms with Crippen LogP contribution >= 0.6 is 0 Å². The van der Waals surface area contributed by atoms with Crippen LogP contribution in [0.2, 0.25) is 0 Å². The fraction of sp³-hybridized carbons (Fsp3) is 0.455. The van der Waals surface area contributed by atoms with E-state index in [2.05, 4.69) is 0 Å². The third-order valence-corrected chi connectivity index (χ3v) is 8.13. The molecule has 0 aromatic heterocycles. The third kappa shape index (κ3) is 5.83. The first-order chi connectivity index (χ1) is 16.2. The van der Waals surface area contributed by atoms with Crippen molar-refractivity contribution in [1.29, 1.82) is 0 Å². The first kappa shape index (κ1) is 25.2. The second-order valence-corrected chi connectivity index (χ2v) is 11.2. The van der Waals surface area contributed by atoms with Gasteiger partial charge in [0.2, 0.25) is 0 Å². The van der Waals surface area contributed by atoms with Crippen molar-refractivity contribution in [3.05, 3.63) is 59.7 Å². The lowest BCUT2D eigenvalue weighted by Crippen LogP contribution is -2.59. The highest BCUT2D eigenvalue weighted by molar-refractivity contribution is 7.87. The van der Waals surface area contributed by atoms with Crippen LogP contribution in [0.4, 0.5) is 0 Å². The van der Waals surface area contributed by atoms with E-state index >= 15 is 0 Å². The van der Waals surface area contributed by atoms with E-state index in [1.165, 1.54) is 24.3 Å². The lowest BCUT2D eigenvalue weighted by molar-refractivity contribution is -0.327. The van der Waals surface area contributed by atoms with Crippen molar-refractivity contribution in [2.45, 2.75) is 48.1 Å². The summed E-state index contributed by atoms with van der Waals surface area (Å²) in [5.41, 5.74) is 1.84. The number of benzene rings is 2. The lowest BCUT2D eigenvalue weighted by atomic mass is 10.0. The van der Waals surface area contributed by atoms with Crippen LogP contribution in [0.5, 0.6) is 0 Å². The molecule has 0 bridgehead atoms. The lowest BCUT2D eigenvalue weighted by Gasteiger charge is -2.43. The van der Waals surface area contributed by atoms with Gasteiger partial charge in [0, 0.05) is 0 Å². The van der Waals surface area contributed by atoms with Crippen molar-refractivity contribution >= 4 is 20.2 Å². The molecule has 2 heterocycles. The maximum atomic E-state index is 12.5.